The summed E-state index contributed by atoms with van der Waals surface area (Å²) in [4.78, 5) is 2.05. The first kappa shape index (κ1) is 24.6. The maximum absolute atomic E-state index is 12.8. The van der Waals surface area contributed by atoms with Gasteiger partial charge in [0.1, 0.15) is 5.75 Å². The molecule has 0 spiro atoms. The van der Waals surface area contributed by atoms with Crippen LogP contribution >= 0.6 is 12.4 Å². The molecule has 0 aliphatic carbocycles. The predicted octanol–water partition coefficient (Wildman–Crippen LogP) is 6.72. The number of rotatable bonds is 8. The van der Waals surface area contributed by atoms with Crippen LogP contribution in [0.1, 0.15) is 37.8 Å². The van der Waals surface area contributed by atoms with Gasteiger partial charge in [-0.2, -0.15) is 18.3 Å². The molecule has 1 N–H and O–H groups in total. The zero-order valence-electron chi connectivity index (χ0n) is 17.7. The van der Waals surface area contributed by atoms with Crippen LogP contribution < -0.4 is 9.64 Å². The van der Waals surface area contributed by atoms with Crippen molar-refractivity contribution in [2.45, 2.75) is 45.5 Å². The van der Waals surface area contributed by atoms with E-state index in [2.05, 4.69) is 28.9 Å². The molecule has 31 heavy (non-hydrogen) atoms. The fraction of sp³-hybridized carbons (Fsp3) is 0.348. The van der Waals surface area contributed by atoms with Gasteiger partial charge < -0.3 is 9.64 Å². The molecule has 1 heterocycles. The van der Waals surface area contributed by atoms with Crippen molar-refractivity contribution in [3.05, 3.63) is 65.9 Å². The predicted molar refractivity (Wildman–Crippen MR) is 120 cm³/mol. The highest BCUT2D eigenvalue weighted by molar-refractivity contribution is 5.85. The second-order valence-electron chi connectivity index (χ2n) is 7.26. The molecule has 0 radical (unpaired) electrons. The van der Waals surface area contributed by atoms with Crippen molar-refractivity contribution >= 4 is 18.1 Å². The molecule has 0 aliphatic heterocycles. The third kappa shape index (κ3) is 6.17. The number of H-pyrrole nitrogens is 1. The van der Waals surface area contributed by atoms with E-state index in [-0.39, 0.29) is 18.5 Å². The van der Waals surface area contributed by atoms with Crippen LogP contribution in [0.3, 0.4) is 0 Å². The molecule has 0 unspecified atom stereocenters. The summed E-state index contributed by atoms with van der Waals surface area (Å²) in [6.07, 6.45) is -0.569. The third-order valence-electron chi connectivity index (χ3n) is 5.10. The third-order valence-corrected chi connectivity index (χ3v) is 5.10. The molecule has 168 valence electrons. The Morgan fingerprint density at radius 2 is 1.74 bits per heavy atom. The van der Waals surface area contributed by atoms with Gasteiger partial charge in [-0.15, -0.1) is 12.4 Å². The van der Waals surface area contributed by atoms with Crippen molar-refractivity contribution < 1.29 is 17.9 Å². The molecule has 2 aromatic carbocycles. The Kier molecular flexibility index (Phi) is 8.39. The van der Waals surface area contributed by atoms with Crippen molar-refractivity contribution in [2.24, 2.45) is 0 Å². The van der Waals surface area contributed by atoms with Gasteiger partial charge in [-0.1, -0.05) is 32.0 Å². The number of alkyl halides is 3. The molecule has 0 bridgehead atoms. The minimum absolute atomic E-state index is 0. The van der Waals surface area contributed by atoms with Crippen LogP contribution in [0.25, 0.3) is 11.3 Å². The lowest BCUT2D eigenvalue weighted by Gasteiger charge is -2.21. The lowest BCUT2D eigenvalue weighted by Crippen LogP contribution is -2.17. The summed E-state index contributed by atoms with van der Waals surface area (Å²) in [5.41, 5.74) is 2.58. The summed E-state index contributed by atoms with van der Waals surface area (Å²) in [7, 11) is 1.96. The number of ether oxygens (including phenoxy) is 1. The average molecular weight is 454 g/mol. The number of aromatic nitrogens is 2. The van der Waals surface area contributed by atoms with Crippen molar-refractivity contribution in [3.8, 4) is 17.0 Å². The first-order chi connectivity index (χ1) is 14.3. The summed E-state index contributed by atoms with van der Waals surface area (Å²) in [5.74, 6) is 0.822. The molecular formula is C23H27ClF3N3O. The second kappa shape index (κ2) is 10.6. The fourth-order valence-corrected chi connectivity index (χ4v) is 3.30. The zero-order valence-corrected chi connectivity index (χ0v) is 18.6. The fourth-order valence-electron chi connectivity index (χ4n) is 3.30. The van der Waals surface area contributed by atoms with Crippen molar-refractivity contribution in [2.75, 3.05) is 11.9 Å². The number of hydrogen-bond acceptors (Lipinski definition) is 3. The van der Waals surface area contributed by atoms with Crippen molar-refractivity contribution in [1.29, 1.82) is 0 Å². The van der Waals surface area contributed by atoms with E-state index in [1.165, 1.54) is 12.1 Å². The number of aromatic amines is 1. The maximum Gasteiger partial charge on any atom is 0.416 e. The standard InChI is InChI=1S/C23H26F3N3O.ClH/c1-4-20(5-2)30-21-8-6-7-19(13-21)29(3)15-17-14-27-28-22(17)16-9-11-18(12-10-16)23(24,25)26;/h6-14,20H,4-5,15H2,1-3H3,(H,27,28);1H. The van der Waals surface area contributed by atoms with E-state index >= 15 is 0 Å². The van der Waals surface area contributed by atoms with Crippen LogP contribution in [0.5, 0.6) is 5.75 Å². The monoisotopic (exact) mass is 453 g/mol. The molecule has 0 aliphatic rings. The summed E-state index contributed by atoms with van der Waals surface area (Å²) in [6, 6.07) is 13.0. The molecule has 0 saturated heterocycles. The van der Waals surface area contributed by atoms with Crippen LogP contribution in [0.15, 0.2) is 54.7 Å². The number of anilines is 1. The SMILES string of the molecule is CCC(CC)Oc1cccc(N(C)Cc2cn[nH]c2-c2ccc(C(F)(F)F)cc2)c1.Cl. The Hall–Kier alpha value is -2.67. The Balaban J connectivity index is 0.00000341. The van der Waals surface area contributed by atoms with Gasteiger partial charge in [0, 0.05) is 30.9 Å². The molecule has 0 fully saturated rings. The Morgan fingerprint density at radius 1 is 1.06 bits per heavy atom. The molecule has 1 aromatic heterocycles. The average Bonchev–Trinajstić information content (AvgIpc) is 3.19. The Morgan fingerprint density at radius 3 is 2.35 bits per heavy atom. The Labute approximate surface area is 186 Å². The van der Waals surface area contributed by atoms with Gasteiger partial charge in [-0.25, -0.2) is 0 Å². The van der Waals surface area contributed by atoms with Gasteiger partial charge in [0.2, 0.25) is 0 Å². The molecule has 8 heteroatoms. The molecule has 0 atom stereocenters. The first-order valence-electron chi connectivity index (χ1n) is 9.99. The number of nitrogens with one attached hydrogen (secondary N) is 1. The smallest absolute Gasteiger partial charge is 0.416 e. The van der Waals surface area contributed by atoms with E-state index in [9.17, 15) is 13.2 Å². The summed E-state index contributed by atoms with van der Waals surface area (Å²) < 4.78 is 44.5. The van der Waals surface area contributed by atoms with Gasteiger partial charge in [-0.05, 0) is 42.7 Å². The van der Waals surface area contributed by atoms with Crippen LogP contribution in [-0.4, -0.2) is 23.3 Å². The van der Waals surface area contributed by atoms with E-state index in [4.69, 9.17) is 4.74 Å². The molecular weight excluding hydrogens is 427 g/mol. The zero-order chi connectivity index (χ0) is 21.7. The molecule has 3 aromatic rings. The van der Waals surface area contributed by atoms with Crippen molar-refractivity contribution in [3.63, 3.8) is 0 Å². The van der Waals surface area contributed by atoms with E-state index in [1.54, 1.807) is 6.20 Å². The minimum atomic E-state index is -4.35. The normalized spacial score (nSPS) is 11.3. The summed E-state index contributed by atoms with van der Waals surface area (Å²) in [6.45, 7) is 4.75. The first-order valence-corrected chi connectivity index (χ1v) is 9.99. The molecule has 4 nitrogen and oxygen atoms in total. The van der Waals surface area contributed by atoms with Crippen LogP contribution in [0.2, 0.25) is 0 Å². The highest BCUT2D eigenvalue weighted by Crippen LogP contribution is 2.32. The van der Waals surface area contributed by atoms with E-state index in [0.717, 1.165) is 42.0 Å². The van der Waals surface area contributed by atoms with E-state index in [0.29, 0.717) is 17.8 Å². The van der Waals surface area contributed by atoms with E-state index < -0.39 is 11.7 Å². The minimum Gasteiger partial charge on any atom is -0.490 e. The highest BCUT2D eigenvalue weighted by Gasteiger charge is 2.30. The van der Waals surface area contributed by atoms with Gasteiger partial charge >= 0.3 is 6.18 Å². The molecule has 3 rings (SSSR count). The quantitative estimate of drug-likeness (QED) is 0.411. The largest absolute Gasteiger partial charge is 0.490 e. The van der Waals surface area contributed by atoms with E-state index in [1.807, 2.05) is 31.3 Å². The highest BCUT2D eigenvalue weighted by atomic mass is 35.5. The van der Waals surface area contributed by atoms with Gasteiger partial charge in [0.05, 0.1) is 23.6 Å². The number of hydrogen-bond donors (Lipinski definition) is 1. The maximum atomic E-state index is 12.8. The van der Waals surface area contributed by atoms with Crippen molar-refractivity contribution in [1.82, 2.24) is 10.2 Å². The second-order valence-corrected chi connectivity index (χ2v) is 7.26. The molecule has 0 saturated carbocycles. The summed E-state index contributed by atoms with van der Waals surface area (Å²) >= 11 is 0. The lowest BCUT2D eigenvalue weighted by molar-refractivity contribution is -0.137. The van der Waals surface area contributed by atoms with Crippen LogP contribution in [-0.2, 0) is 12.7 Å². The Bertz CT molecular complexity index is 953. The number of benzene rings is 2. The molecule has 0 amide bonds. The van der Waals surface area contributed by atoms with Crippen LogP contribution in [0, 0.1) is 0 Å². The lowest BCUT2D eigenvalue weighted by atomic mass is 10.1. The number of halogens is 4. The number of nitrogens with zero attached hydrogens (tertiary/aromatic N) is 2. The van der Waals surface area contributed by atoms with Gasteiger partial charge in [-0.3, -0.25) is 5.10 Å². The van der Waals surface area contributed by atoms with Crippen LogP contribution in [0.4, 0.5) is 18.9 Å². The van der Waals surface area contributed by atoms with Gasteiger partial charge in [0.25, 0.3) is 0 Å². The topological polar surface area (TPSA) is 41.1 Å². The van der Waals surface area contributed by atoms with Gasteiger partial charge in [0.15, 0.2) is 0 Å². The summed E-state index contributed by atoms with van der Waals surface area (Å²) in [5, 5.41) is 7.00.